The van der Waals surface area contributed by atoms with Crippen LogP contribution in [0.1, 0.15) is 0 Å². The van der Waals surface area contributed by atoms with E-state index in [0.29, 0.717) is 0 Å². The molecule has 5 nitrogen and oxygen atoms in total. The normalized spacial score (nSPS) is 18.0. The first kappa shape index (κ1) is 10.3. The van der Waals surface area contributed by atoms with E-state index in [1.54, 1.807) is 6.26 Å². The van der Waals surface area contributed by atoms with Gasteiger partial charge in [0, 0.05) is 13.1 Å². The molecule has 1 rings (SSSR count). The highest BCUT2D eigenvalue weighted by atomic mass is 32.2. The van der Waals surface area contributed by atoms with E-state index in [1.807, 2.05) is 11.9 Å². The minimum atomic E-state index is -1.03. The summed E-state index contributed by atoms with van der Waals surface area (Å²) in [5, 5.41) is 16.4. The predicted octanol–water partition coefficient (Wildman–Crippen LogP) is 0.578. The Bertz CT molecular complexity index is 228. The van der Waals surface area contributed by atoms with Gasteiger partial charge >= 0.3 is 6.09 Å². The van der Waals surface area contributed by atoms with Gasteiger partial charge in [0.1, 0.15) is 0 Å². The van der Waals surface area contributed by atoms with Gasteiger partial charge < -0.3 is 10.0 Å². The molecule has 1 heterocycles. The van der Waals surface area contributed by atoms with Crippen molar-refractivity contribution in [3.8, 4) is 0 Å². The number of carboxylic acid groups (broad SMARTS) is 1. The van der Waals surface area contributed by atoms with Crippen molar-refractivity contribution in [2.24, 2.45) is 0 Å². The molecule has 13 heavy (non-hydrogen) atoms. The van der Waals surface area contributed by atoms with Crippen LogP contribution in [-0.4, -0.2) is 58.6 Å². The third kappa shape index (κ3) is 2.13. The number of amides is 1. The molecule has 0 unspecified atom stereocenters. The molecule has 0 spiro atoms. The highest BCUT2D eigenvalue weighted by Gasteiger charge is 2.34. The number of amidine groups is 1. The first-order valence-electron chi connectivity index (χ1n) is 3.89. The zero-order chi connectivity index (χ0) is 10.0. The number of likely N-dealkylation sites (tertiary alicyclic amines) is 1. The molecule has 2 N–H and O–H groups in total. The maximum atomic E-state index is 10.8. The van der Waals surface area contributed by atoms with Crippen molar-refractivity contribution in [1.29, 1.82) is 5.41 Å². The Morgan fingerprint density at radius 2 is 2.23 bits per heavy atom. The number of nitrogens with zero attached hydrogens (tertiary/aromatic N) is 2. The van der Waals surface area contributed by atoms with E-state index in [1.165, 1.54) is 0 Å². The zero-order valence-electron chi connectivity index (χ0n) is 7.65. The highest BCUT2D eigenvalue weighted by molar-refractivity contribution is 8.13. The van der Waals surface area contributed by atoms with Crippen molar-refractivity contribution >= 4 is 23.0 Å². The molecule has 0 aromatic carbocycles. The van der Waals surface area contributed by atoms with Crippen LogP contribution in [-0.2, 0) is 0 Å². The van der Waals surface area contributed by atoms with Crippen LogP contribution in [0.2, 0.25) is 0 Å². The summed E-state index contributed by atoms with van der Waals surface area (Å²) in [5.74, 6) is 0. The number of likely N-dealkylation sites (N-methyl/N-ethyl adjacent to an activating group) is 1. The van der Waals surface area contributed by atoms with Gasteiger partial charge in [0.2, 0.25) is 0 Å². The summed E-state index contributed by atoms with van der Waals surface area (Å²) in [6.45, 7) is 1.44. The molecule has 0 aromatic heterocycles. The first-order chi connectivity index (χ1) is 6.06. The van der Waals surface area contributed by atoms with Crippen LogP contribution in [0.15, 0.2) is 0 Å². The average molecular weight is 203 g/mol. The van der Waals surface area contributed by atoms with Gasteiger partial charge in [-0.05, 0) is 13.3 Å². The van der Waals surface area contributed by atoms with Crippen molar-refractivity contribution in [3.63, 3.8) is 0 Å². The van der Waals surface area contributed by atoms with Gasteiger partial charge in [-0.3, -0.25) is 10.3 Å². The molecule has 1 fully saturated rings. The topological polar surface area (TPSA) is 67.6 Å². The van der Waals surface area contributed by atoms with Crippen LogP contribution in [0.5, 0.6) is 0 Å². The molecule has 0 aliphatic carbocycles. The van der Waals surface area contributed by atoms with Crippen molar-refractivity contribution in [2.45, 2.75) is 6.04 Å². The summed E-state index contributed by atoms with van der Waals surface area (Å²) in [6.07, 6.45) is 0.679. The molecular formula is C7H13N3O2S. The largest absolute Gasteiger partial charge is 0.465 e. The molecule has 1 amide bonds. The number of nitrogens with one attached hydrogen (secondary N) is 1. The van der Waals surface area contributed by atoms with Gasteiger partial charge in [-0.1, -0.05) is 11.8 Å². The molecule has 0 atom stereocenters. The summed E-state index contributed by atoms with van der Waals surface area (Å²) in [7, 11) is 1.93. The second-order valence-corrected chi connectivity index (χ2v) is 3.83. The third-order valence-corrected chi connectivity index (χ3v) is 2.61. The maximum absolute atomic E-state index is 10.8. The maximum Gasteiger partial charge on any atom is 0.413 e. The Labute approximate surface area is 81.2 Å². The molecule has 0 saturated carbocycles. The van der Waals surface area contributed by atoms with Gasteiger partial charge in [-0.25, -0.2) is 4.79 Å². The molecule has 1 saturated heterocycles. The molecule has 0 bridgehead atoms. The van der Waals surface area contributed by atoms with E-state index in [9.17, 15) is 4.79 Å². The van der Waals surface area contributed by atoms with Crippen LogP contribution >= 0.6 is 11.8 Å². The van der Waals surface area contributed by atoms with Gasteiger partial charge in [-0.15, -0.1) is 0 Å². The summed E-state index contributed by atoms with van der Waals surface area (Å²) < 4.78 is 0. The number of hydrogen-bond acceptors (Lipinski definition) is 4. The third-order valence-electron chi connectivity index (χ3n) is 2.03. The van der Waals surface area contributed by atoms with Gasteiger partial charge in [0.15, 0.2) is 5.17 Å². The van der Waals surface area contributed by atoms with Crippen LogP contribution in [0.25, 0.3) is 0 Å². The fraction of sp³-hybridized carbons (Fsp3) is 0.714. The highest BCUT2D eigenvalue weighted by Crippen LogP contribution is 2.16. The smallest absolute Gasteiger partial charge is 0.413 e. The lowest BCUT2D eigenvalue weighted by molar-refractivity contribution is 0.0886. The van der Waals surface area contributed by atoms with Crippen LogP contribution in [0, 0.1) is 5.41 Å². The lowest BCUT2D eigenvalue weighted by atomic mass is 10.1. The molecule has 74 valence electrons. The lowest BCUT2D eigenvalue weighted by Crippen LogP contribution is -2.60. The van der Waals surface area contributed by atoms with Crippen LogP contribution < -0.4 is 0 Å². The second kappa shape index (κ2) is 3.97. The van der Waals surface area contributed by atoms with E-state index in [-0.39, 0.29) is 11.2 Å². The molecule has 1 aliphatic heterocycles. The fourth-order valence-corrected chi connectivity index (χ4v) is 1.76. The summed E-state index contributed by atoms with van der Waals surface area (Å²) in [4.78, 5) is 13.9. The number of carbonyl (C=O) groups is 1. The Kier molecular flexibility index (Phi) is 3.16. The van der Waals surface area contributed by atoms with Crippen LogP contribution in [0.3, 0.4) is 0 Å². The van der Waals surface area contributed by atoms with E-state index in [4.69, 9.17) is 10.5 Å². The van der Waals surface area contributed by atoms with Crippen molar-refractivity contribution in [3.05, 3.63) is 0 Å². The second-order valence-electron chi connectivity index (χ2n) is 3.04. The average Bonchev–Trinajstić information content (AvgIpc) is 2.00. The standard InChI is InChI=1S/C7H13N3O2S/c1-9-3-5(4-9)10(7(11)12)6(8)13-2/h5,8H,3-4H2,1-2H3,(H,11,12). The van der Waals surface area contributed by atoms with Gasteiger partial charge in [0.25, 0.3) is 0 Å². The van der Waals surface area contributed by atoms with E-state index < -0.39 is 6.09 Å². The zero-order valence-corrected chi connectivity index (χ0v) is 8.47. The first-order valence-corrected chi connectivity index (χ1v) is 5.12. The minimum Gasteiger partial charge on any atom is -0.465 e. The summed E-state index contributed by atoms with van der Waals surface area (Å²) in [5.41, 5.74) is 0. The van der Waals surface area contributed by atoms with E-state index in [2.05, 4.69) is 0 Å². The van der Waals surface area contributed by atoms with E-state index in [0.717, 1.165) is 29.8 Å². The van der Waals surface area contributed by atoms with E-state index >= 15 is 0 Å². The number of thioether (sulfide) groups is 1. The fourth-order valence-electron chi connectivity index (χ4n) is 1.34. The number of hydrogen-bond donors (Lipinski definition) is 2. The Hall–Kier alpha value is -0.750. The SMILES string of the molecule is CSC(=N)N(C(=O)O)C1CN(C)C1. The molecule has 0 aromatic rings. The van der Waals surface area contributed by atoms with Gasteiger partial charge in [-0.2, -0.15) is 0 Å². The molecular weight excluding hydrogens is 190 g/mol. The van der Waals surface area contributed by atoms with Gasteiger partial charge in [0.05, 0.1) is 6.04 Å². The molecule has 0 radical (unpaired) electrons. The monoisotopic (exact) mass is 203 g/mol. The van der Waals surface area contributed by atoms with Crippen LogP contribution in [0.4, 0.5) is 4.79 Å². The minimum absolute atomic E-state index is 0.0394. The summed E-state index contributed by atoms with van der Waals surface area (Å²) >= 11 is 1.15. The molecule has 6 heteroatoms. The Morgan fingerprint density at radius 1 is 1.69 bits per heavy atom. The summed E-state index contributed by atoms with van der Waals surface area (Å²) in [6, 6.07) is -0.0394. The lowest BCUT2D eigenvalue weighted by Gasteiger charge is -2.41. The predicted molar refractivity (Wildman–Crippen MR) is 52.4 cm³/mol. The molecule has 1 aliphatic rings. The van der Waals surface area contributed by atoms with Crippen molar-refractivity contribution in [1.82, 2.24) is 9.80 Å². The quantitative estimate of drug-likeness (QED) is 0.483. The Morgan fingerprint density at radius 3 is 2.54 bits per heavy atom. The Balaban J connectivity index is 2.58. The van der Waals surface area contributed by atoms with Crippen molar-refractivity contribution < 1.29 is 9.90 Å². The van der Waals surface area contributed by atoms with Crippen molar-refractivity contribution in [2.75, 3.05) is 26.4 Å². The number of rotatable bonds is 1.